The fraction of sp³-hybridized carbons (Fsp3) is 0.174. The van der Waals surface area contributed by atoms with Crippen LogP contribution in [0.15, 0.2) is 72.9 Å². The van der Waals surface area contributed by atoms with E-state index in [-0.39, 0.29) is 5.82 Å². The van der Waals surface area contributed by atoms with Crippen molar-refractivity contribution in [1.82, 2.24) is 19.7 Å². The van der Waals surface area contributed by atoms with Crippen molar-refractivity contribution < 1.29 is 27.4 Å². The first kappa shape index (κ1) is 22.1. The first-order valence-electron chi connectivity index (χ1n) is 9.85. The molecule has 0 aliphatic carbocycles. The minimum Gasteiger partial charge on any atom is -0.489 e. The number of nitrogens with zero attached hydrogens (tertiary/aromatic N) is 4. The number of rotatable bonds is 8. The Balaban J connectivity index is 1.59. The lowest BCUT2D eigenvalue weighted by Crippen LogP contribution is -2.19. The second kappa shape index (κ2) is 9.60. The van der Waals surface area contributed by atoms with E-state index in [2.05, 4.69) is 15.1 Å². The van der Waals surface area contributed by atoms with E-state index in [1.165, 1.54) is 18.0 Å². The van der Waals surface area contributed by atoms with E-state index >= 15 is 0 Å². The fourth-order valence-electron chi connectivity index (χ4n) is 2.93. The monoisotopic (exact) mass is 456 g/mol. The summed E-state index contributed by atoms with van der Waals surface area (Å²) < 4.78 is 54.7. The van der Waals surface area contributed by atoms with Gasteiger partial charge in [-0.1, -0.05) is 30.3 Å². The molecule has 0 radical (unpaired) electrons. The molecule has 33 heavy (non-hydrogen) atoms. The van der Waals surface area contributed by atoms with Gasteiger partial charge in [0.05, 0.1) is 19.0 Å². The van der Waals surface area contributed by atoms with Crippen LogP contribution in [0.3, 0.4) is 0 Å². The largest absolute Gasteiger partial charge is 0.489 e. The van der Waals surface area contributed by atoms with Gasteiger partial charge in [0.1, 0.15) is 12.4 Å². The minimum atomic E-state index is -4.51. The Labute approximate surface area is 187 Å². The summed E-state index contributed by atoms with van der Waals surface area (Å²) in [5.74, 6) is 1.30. The molecule has 0 saturated carbocycles. The first-order valence-corrected chi connectivity index (χ1v) is 9.85. The molecule has 10 heteroatoms. The summed E-state index contributed by atoms with van der Waals surface area (Å²) in [6, 6.07) is 19.6. The molecule has 2 aromatic carbocycles. The molecule has 0 aliphatic heterocycles. The Hall–Kier alpha value is -4.08. The zero-order valence-corrected chi connectivity index (χ0v) is 17.5. The van der Waals surface area contributed by atoms with Crippen LogP contribution in [0.4, 0.5) is 13.2 Å². The average Bonchev–Trinajstić information content (AvgIpc) is 3.26. The maximum absolute atomic E-state index is 12.6. The smallest absolute Gasteiger partial charge is 0.422 e. The predicted octanol–water partition coefficient (Wildman–Crippen LogP) is 4.86. The molecule has 0 aliphatic rings. The molecular formula is C23H19F3N4O3. The van der Waals surface area contributed by atoms with Crippen LogP contribution in [-0.2, 0) is 6.61 Å². The Morgan fingerprint density at radius 3 is 2.30 bits per heavy atom. The van der Waals surface area contributed by atoms with Gasteiger partial charge in [-0.3, -0.25) is 0 Å². The van der Waals surface area contributed by atoms with E-state index in [9.17, 15) is 13.2 Å². The number of methoxy groups -OCH3 is 1. The van der Waals surface area contributed by atoms with Crippen molar-refractivity contribution in [2.45, 2.75) is 12.8 Å². The maximum atomic E-state index is 12.6. The molecular weight excluding hydrogens is 437 g/mol. The van der Waals surface area contributed by atoms with Gasteiger partial charge < -0.3 is 14.2 Å². The molecule has 170 valence electrons. The van der Waals surface area contributed by atoms with E-state index in [1.54, 1.807) is 36.4 Å². The van der Waals surface area contributed by atoms with Crippen LogP contribution in [0.2, 0.25) is 0 Å². The number of hydrogen-bond donors (Lipinski definition) is 0. The fourth-order valence-corrected chi connectivity index (χ4v) is 2.93. The third-order valence-corrected chi connectivity index (χ3v) is 4.49. The number of pyridine rings is 1. The molecule has 4 aromatic rings. The van der Waals surface area contributed by atoms with Crippen LogP contribution < -0.4 is 14.2 Å². The van der Waals surface area contributed by atoms with Crippen molar-refractivity contribution in [1.29, 1.82) is 0 Å². The standard InChI is InChI=1S/C23H19F3N4O3/c1-31-20-12-9-18(13-27-20)30-21(28-22(29-30)33-15-23(24,25)26)17-7-10-19(11-8-17)32-14-16-5-3-2-4-6-16/h2-13H,14-15H2,1H3. The first-order chi connectivity index (χ1) is 15.9. The van der Waals surface area contributed by atoms with Gasteiger partial charge in [-0.25, -0.2) is 9.67 Å². The van der Waals surface area contributed by atoms with Crippen LogP contribution in [0.5, 0.6) is 17.6 Å². The lowest BCUT2D eigenvalue weighted by molar-refractivity contribution is -0.154. The summed E-state index contributed by atoms with van der Waals surface area (Å²) in [4.78, 5) is 8.27. The van der Waals surface area contributed by atoms with E-state index in [0.717, 1.165) is 5.56 Å². The van der Waals surface area contributed by atoms with E-state index < -0.39 is 18.8 Å². The highest BCUT2D eigenvalue weighted by atomic mass is 19.4. The molecule has 0 bridgehead atoms. The Morgan fingerprint density at radius 2 is 1.67 bits per heavy atom. The molecule has 0 N–H and O–H groups in total. The van der Waals surface area contributed by atoms with Gasteiger partial charge >= 0.3 is 12.2 Å². The van der Waals surface area contributed by atoms with Gasteiger partial charge in [-0.2, -0.15) is 18.2 Å². The van der Waals surface area contributed by atoms with E-state index in [0.29, 0.717) is 29.5 Å². The minimum absolute atomic E-state index is 0.286. The number of aromatic nitrogens is 4. The highest BCUT2D eigenvalue weighted by Gasteiger charge is 2.29. The van der Waals surface area contributed by atoms with Gasteiger partial charge in [0.2, 0.25) is 5.88 Å². The summed E-state index contributed by atoms with van der Waals surface area (Å²) in [6.07, 6.45) is -3.03. The average molecular weight is 456 g/mol. The Kier molecular flexibility index (Phi) is 6.43. The molecule has 2 heterocycles. The second-order valence-corrected chi connectivity index (χ2v) is 6.89. The van der Waals surface area contributed by atoms with Gasteiger partial charge in [-0.15, -0.1) is 5.10 Å². The molecule has 7 nitrogen and oxygen atoms in total. The number of benzene rings is 2. The van der Waals surface area contributed by atoms with Crippen molar-refractivity contribution in [2.24, 2.45) is 0 Å². The van der Waals surface area contributed by atoms with Crippen LogP contribution in [0.1, 0.15) is 5.56 Å². The third-order valence-electron chi connectivity index (χ3n) is 4.49. The summed E-state index contributed by atoms with van der Waals surface area (Å²) >= 11 is 0. The summed E-state index contributed by atoms with van der Waals surface area (Å²) in [5, 5.41) is 4.09. The lowest BCUT2D eigenvalue weighted by atomic mass is 10.2. The predicted molar refractivity (Wildman–Crippen MR) is 113 cm³/mol. The van der Waals surface area contributed by atoms with E-state index in [1.807, 2.05) is 30.3 Å². The number of halogens is 3. The molecule has 0 fully saturated rings. The van der Waals surface area contributed by atoms with Gasteiger partial charge in [-0.05, 0) is 35.9 Å². The van der Waals surface area contributed by atoms with Crippen molar-refractivity contribution in [2.75, 3.05) is 13.7 Å². The SMILES string of the molecule is COc1ccc(-n2nc(OCC(F)(F)F)nc2-c2ccc(OCc3ccccc3)cc2)cn1. The van der Waals surface area contributed by atoms with Gasteiger partial charge in [0.25, 0.3) is 0 Å². The lowest BCUT2D eigenvalue weighted by Gasteiger charge is -2.08. The third kappa shape index (κ3) is 5.79. The van der Waals surface area contributed by atoms with Crippen LogP contribution in [-0.4, -0.2) is 39.6 Å². The van der Waals surface area contributed by atoms with Crippen molar-refractivity contribution in [3.63, 3.8) is 0 Å². The number of hydrogen-bond acceptors (Lipinski definition) is 6. The highest BCUT2D eigenvalue weighted by Crippen LogP contribution is 2.27. The van der Waals surface area contributed by atoms with Crippen LogP contribution in [0, 0.1) is 0 Å². The van der Waals surface area contributed by atoms with Crippen LogP contribution >= 0.6 is 0 Å². The molecule has 2 aromatic heterocycles. The Bertz CT molecular complexity index is 1180. The molecule has 0 saturated heterocycles. The maximum Gasteiger partial charge on any atom is 0.422 e. The molecule has 0 atom stereocenters. The number of ether oxygens (including phenoxy) is 3. The molecule has 0 amide bonds. The molecule has 4 rings (SSSR count). The van der Waals surface area contributed by atoms with Crippen molar-refractivity contribution in [3.8, 4) is 34.7 Å². The van der Waals surface area contributed by atoms with Crippen molar-refractivity contribution >= 4 is 0 Å². The summed E-state index contributed by atoms with van der Waals surface area (Å²) in [5.41, 5.74) is 2.11. The molecule has 0 spiro atoms. The normalized spacial score (nSPS) is 11.3. The topological polar surface area (TPSA) is 71.3 Å². The zero-order valence-electron chi connectivity index (χ0n) is 17.5. The molecule has 0 unspecified atom stereocenters. The second-order valence-electron chi connectivity index (χ2n) is 6.89. The van der Waals surface area contributed by atoms with Gasteiger partial charge in [0.15, 0.2) is 12.4 Å². The van der Waals surface area contributed by atoms with Gasteiger partial charge in [0, 0.05) is 11.6 Å². The Morgan fingerprint density at radius 1 is 0.909 bits per heavy atom. The van der Waals surface area contributed by atoms with E-state index in [4.69, 9.17) is 14.2 Å². The number of alkyl halides is 3. The quantitative estimate of drug-likeness (QED) is 0.377. The van der Waals surface area contributed by atoms with Crippen LogP contribution in [0.25, 0.3) is 17.1 Å². The summed E-state index contributed by atoms with van der Waals surface area (Å²) in [7, 11) is 1.48. The zero-order chi connectivity index (χ0) is 23.3. The van der Waals surface area contributed by atoms with Crippen molar-refractivity contribution in [3.05, 3.63) is 78.5 Å². The summed E-state index contributed by atoms with van der Waals surface area (Å²) in [6.45, 7) is -1.09. The highest BCUT2D eigenvalue weighted by molar-refractivity contribution is 5.59.